The largest absolute Gasteiger partial charge is 0.495 e. The van der Waals surface area contributed by atoms with Gasteiger partial charge in [0.05, 0.1) is 25.0 Å². The average molecular weight is 371 g/mol. The van der Waals surface area contributed by atoms with Crippen molar-refractivity contribution >= 4 is 33.1 Å². The number of carbonyl (C=O) groups is 1. The molecule has 4 aromatic rings. The predicted molar refractivity (Wildman–Crippen MR) is 114 cm³/mol. The van der Waals surface area contributed by atoms with Crippen molar-refractivity contribution in [3.05, 3.63) is 78.4 Å². The molecule has 140 valence electrons. The summed E-state index contributed by atoms with van der Waals surface area (Å²) in [5.41, 5.74) is 1.18. The van der Waals surface area contributed by atoms with E-state index in [2.05, 4.69) is 5.32 Å². The molecule has 0 atom stereocenters. The second-order valence-corrected chi connectivity index (χ2v) is 6.41. The first-order valence-corrected chi connectivity index (χ1v) is 9.24. The van der Waals surface area contributed by atoms with Crippen molar-refractivity contribution in [1.82, 2.24) is 0 Å². The number of anilines is 1. The standard InChI is InChI=1S/C24H21NO3/c1-3-28-20-14-12-16-8-4-6-10-18(16)22(20)24(26)25-23-19-11-7-5-9-17(19)13-15-21(23)27-2/h4-15H,3H2,1-2H3,(H,25,26). The lowest BCUT2D eigenvalue weighted by Gasteiger charge is -2.16. The highest BCUT2D eigenvalue weighted by Gasteiger charge is 2.19. The molecule has 1 amide bonds. The molecule has 0 aliphatic heterocycles. The molecule has 0 spiro atoms. The number of hydrogen-bond acceptors (Lipinski definition) is 3. The van der Waals surface area contributed by atoms with Crippen LogP contribution in [0.3, 0.4) is 0 Å². The molecule has 0 radical (unpaired) electrons. The molecule has 0 heterocycles. The number of nitrogens with one attached hydrogen (secondary N) is 1. The van der Waals surface area contributed by atoms with Gasteiger partial charge in [-0.05, 0) is 35.2 Å². The molecule has 4 rings (SSSR count). The Hall–Kier alpha value is -3.53. The number of benzene rings is 4. The maximum Gasteiger partial charge on any atom is 0.260 e. The van der Waals surface area contributed by atoms with Crippen LogP contribution in [0.2, 0.25) is 0 Å². The van der Waals surface area contributed by atoms with Gasteiger partial charge in [-0.3, -0.25) is 4.79 Å². The Balaban J connectivity index is 1.86. The summed E-state index contributed by atoms with van der Waals surface area (Å²) < 4.78 is 11.3. The van der Waals surface area contributed by atoms with Gasteiger partial charge in [-0.2, -0.15) is 0 Å². The fraction of sp³-hybridized carbons (Fsp3) is 0.125. The normalized spacial score (nSPS) is 10.8. The summed E-state index contributed by atoms with van der Waals surface area (Å²) in [6.45, 7) is 2.39. The Morgan fingerprint density at radius 2 is 1.43 bits per heavy atom. The lowest BCUT2D eigenvalue weighted by atomic mass is 10.0. The van der Waals surface area contributed by atoms with E-state index in [-0.39, 0.29) is 5.91 Å². The molecular formula is C24H21NO3. The summed E-state index contributed by atoms with van der Waals surface area (Å²) in [4.78, 5) is 13.4. The molecule has 1 N–H and O–H groups in total. The quantitative estimate of drug-likeness (QED) is 0.493. The third kappa shape index (κ3) is 3.14. The topological polar surface area (TPSA) is 47.6 Å². The molecular weight excluding hydrogens is 350 g/mol. The van der Waals surface area contributed by atoms with Gasteiger partial charge in [-0.1, -0.05) is 60.7 Å². The molecule has 0 bridgehead atoms. The second-order valence-electron chi connectivity index (χ2n) is 6.41. The summed E-state index contributed by atoms with van der Waals surface area (Å²) in [7, 11) is 1.60. The zero-order chi connectivity index (χ0) is 19.5. The number of fused-ring (bicyclic) bond motifs is 2. The number of amides is 1. The van der Waals surface area contributed by atoms with E-state index in [1.807, 2.05) is 79.7 Å². The highest BCUT2D eigenvalue weighted by atomic mass is 16.5. The monoisotopic (exact) mass is 371 g/mol. The van der Waals surface area contributed by atoms with Crippen LogP contribution in [0.4, 0.5) is 5.69 Å². The predicted octanol–water partition coefficient (Wildman–Crippen LogP) is 5.65. The summed E-state index contributed by atoms with van der Waals surface area (Å²) in [5, 5.41) is 6.86. The van der Waals surface area contributed by atoms with Gasteiger partial charge in [0.2, 0.25) is 0 Å². The first-order valence-electron chi connectivity index (χ1n) is 9.24. The van der Waals surface area contributed by atoms with Crippen molar-refractivity contribution in [2.24, 2.45) is 0 Å². The number of ether oxygens (including phenoxy) is 2. The van der Waals surface area contributed by atoms with E-state index in [4.69, 9.17) is 9.47 Å². The average Bonchev–Trinajstić information content (AvgIpc) is 2.74. The highest BCUT2D eigenvalue weighted by Crippen LogP contribution is 2.35. The molecule has 4 heteroatoms. The highest BCUT2D eigenvalue weighted by molar-refractivity contribution is 6.17. The van der Waals surface area contributed by atoms with Crippen LogP contribution in [0.25, 0.3) is 21.5 Å². The van der Waals surface area contributed by atoms with E-state index in [9.17, 15) is 4.79 Å². The van der Waals surface area contributed by atoms with E-state index < -0.39 is 0 Å². The van der Waals surface area contributed by atoms with Gasteiger partial charge in [-0.25, -0.2) is 0 Å². The van der Waals surface area contributed by atoms with Crippen molar-refractivity contribution in [2.75, 3.05) is 19.0 Å². The lowest BCUT2D eigenvalue weighted by molar-refractivity contribution is 0.102. The van der Waals surface area contributed by atoms with Crippen LogP contribution in [0.5, 0.6) is 11.5 Å². The molecule has 0 aliphatic rings. The second kappa shape index (κ2) is 7.61. The number of carbonyl (C=O) groups excluding carboxylic acids is 1. The molecule has 4 aromatic carbocycles. The van der Waals surface area contributed by atoms with Crippen molar-refractivity contribution in [1.29, 1.82) is 0 Å². The fourth-order valence-electron chi connectivity index (χ4n) is 3.49. The zero-order valence-corrected chi connectivity index (χ0v) is 15.9. The van der Waals surface area contributed by atoms with Crippen LogP contribution in [0.15, 0.2) is 72.8 Å². The van der Waals surface area contributed by atoms with Gasteiger partial charge in [-0.15, -0.1) is 0 Å². The number of rotatable bonds is 5. The fourth-order valence-corrected chi connectivity index (χ4v) is 3.49. The maximum absolute atomic E-state index is 13.4. The molecule has 0 saturated carbocycles. The maximum atomic E-state index is 13.4. The van der Waals surface area contributed by atoms with Gasteiger partial charge in [0, 0.05) is 5.39 Å². The van der Waals surface area contributed by atoms with Crippen LogP contribution in [0, 0.1) is 0 Å². The zero-order valence-electron chi connectivity index (χ0n) is 15.9. The van der Waals surface area contributed by atoms with E-state index in [0.717, 1.165) is 21.5 Å². The Morgan fingerprint density at radius 3 is 2.11 bits per heavy atom. The van der Waals surface area contributed by atoms with Gasteiger partial charge >= 0.3 is 0 Å². The van der Waals surface area contributed by atoms with Gasteiger partial charge in [0.15, 0.2) is 0 Å². The minimum Gasteiger partial charge on any atom is -0.495 e. The Bertz CT molecular complexity index is 1170. The van der Waals surface area contributed by atoms with Crippen LogP contribution < -0.4 is 14.8 Å². The van der Waals surface area contributed by atoms with Crippen molar-refractivity contribution in [2.45, 2.75) is 6.92 Å². The third-order valence-corrected chi connectivity index (χ3v) is 4.77. The summed E-state index contributed by atoms with van der Waals surface area (Å²) >= 11 is 0. The summed E-state index contributed by atoms with van der Waals surface area (Å²) in [6.07, 6.45) is 0. The summed E-state index contributed by atoms with van der Waals surface area (Å²) in [6, 6.07) is 23.4. The van der Waals surface area contributed by atoms with Gasteiger partial charge in [0.25, 0.3) is 5.91 Å². The van der Waals surface area contributed by atoms with Crippen LogP contribution in [-0.4, -0.2) is 19.6 Å². The van der Waals surface area contributed by atoms with Crippen LogP contribution in [-0.2, 0) is 0 Å². The molecule has 28 heavy (non-hydrogen) atoms. The molecule has 0 unspecified atom stereocenters. The molecule has 0 aromatic heterocycles. The lowest BCUT2D eigenvalue weighted by Crippen LogP contribution is -2.15. The minimum absolute atomic E-state index is 0.227. The van der Waals surface area contributed by atoms with Crippen LogP contribution in [0.1, 0.15) is 17.3 Å². The Labute approximate surface area is 163 Å². The van der Waals surface area contributed by atoms with Crippen molar-refractivity contribution in [3.8, 4) is 11.5 Å². The van der Waals surface area contributed by atoms with E-state index >= 15 is 0 Å². The van der Waals surface area contributed by atoms with E-state index in [1.54, 1.807) is 7.11 Å². The van der Waals surface area contributed by atoms with Crippen LogP contribution >= 0.6 is 0 Å². The van der Waals surface area contributed by atoms with Gasteiger partial charge in [0.1, 0.15) is 11.5 Å². The Kier molecular flexibility index (Phi) is 4.85. The molecule has 4 nitrogen and oxygen atoms in total. The van der Waals surface area contributed by atoms with E-state index in [0.29, 0.717) is 29.4 Å². The third-order valence-electron chi connectivity index (χ3n) is 4.77. The Morgan fingerprint density at radius 1 is 0.821 bits per heavy atom. The SMILES string of the molecule is CCOc1ccc2ccccc2c1C(=O)Nc1c(OC)ccc2ccccc12. The summed E-state index contributed by atoms with van der Waals surface area (Å²) in [5.74, 6) is 0.957. The van der Waals surface area contributed by atoms with Crippen molar-refractivity contribution in [3.63, 3.8) is 0 Å². The number of hydrogen-bond donors (Lipinski definition) is 1. The minimum atomic E-state index is -0.227. The van der Waals surface area contributed by atoms with Gasteiger partial charge < -0.3 is 14.8 Å². The van der Waals surface area contributed by atoms with E-state index in [1.165, 1.54) is 0 Å². The molecule has 0 fully saturated rings. The number of methoxy groups -OCH3 is 1. The molecule has 0 aliphatic carbocycles. The first-order chi connectivity index (χ1) is 13.7. The molecule has 0 saturated heterocycles. The first kappa shape index (κ1) is 17.9. The smallest absolute Gasteiger partial charge is 0.260 e. The van der Waals surface area contributed by atoms with Crippen molar-refractivity contribution < 1.29 is 14.3 Å².